The van der Waals surface area contributed by atoms with Crippen LogP contribution in [0.25, 0.3) is 21.9 Å². The van der Waals surface area contributed by atoms with E-state index in [9.17, 15) is 4.79 Å². The fraction of sp³-hybridized carbons (Fsp3) is 0.316. The third-order valence-electron chi connectivity index (χ3n) is 4.56. The second kappa shape index (κ2) is 5.74. The van der Waals surface area contributed by atoms with E-state index < -0.39 is 0 Å². The second-order valence-electron chi connectivity index (χ2n) is 6.12. The van der Waals surface area contributed by atoms with Crippen molar-refractivity contribution in [2.75, 3.05) is 7.11 Å². The molecule has 4 rings (SSSR count). The van der Waals surface area contributed by atoms with Crippen LogP contribution in [0.15, 0.2) is 41.5 Å². The number of fused-ring (bicyclic) bond motifs is 1. The summed E-state index contributed by atoms with van der Waals surface area (Å²) in [7, 11) is 1.54. The zero-order chi connectivity index (χ0) is 16.7. The molecule has 3 aromatic rings. The van der Waals surface area contributed by atoms with Gasteiger partial charge in [-0.25, -0.2) is 9.97 Å². The van der Waals surface area contributed by atoms with Crippen molar-refractivity contribution in [3.63, 3.8) is 0 Å². The number of methoxy groups -OCH3 is 1. The van der Waals surface area contributed by atoms with Crippen LogP contribution in [0, 0.1) is 0 Å². The monoisotopic (exact) mass is 321 g/mol. The summed E-state index contributed by atoms with van der Waals surface area (Å²) in [5.74, 6) is 0. The summed E-state index contributed by atoms with van der Waals surface area (Å²) in [6.45, 7) is 2.10. The molecule has 5 heteroatoms. The molecule has 0 aliphatic heterocycles. The average molecular weight is 321 g/mol. The van der Waals surface area contributed by atoms with Crippen molar-refractivity contribution in [1.29, 1.82) is 0 Å². The molecule has 1 aromatic carbocycles. The minimum Gasteiger partial charge on any atom is -0.467 e. The minimum atomic E-state index is 0.0956. The maximum Gasteiger partial charge on any atom is 0.316 e. The minimum absolute atomic E-state index is 0.0956. The quantitative estimate of drug-likeness (QED) is 0.739. The Morgan fingerprint density at radius 3 is 2.62 bits per heavy atom. The normalized spacial score (nSPS) is 14.1. The van der Waals surface area contributed by atoms with Crippen LogP contribution < -0.4 is 10.3 Å². The van der Waals surface area contributed by atoms with Gasteiger partial charge in [-0.3, -0.25) is 4.79 Å². The first-order valence-corrected chi connectivity index (χ1v) is 8.26. The van der Waals surface area contributed by atoms with Crippen molar-refractivity contribution in [1.82, 2.24) is 14.5 Å². The van der Waals surface area contributed by atoms with E-state index in [1.54, 1.807) is 12.4 Å². The number of aromatic nitrogens is 3. The van der Waals surface area contributed by atoms with Gasteiger partial charge in [0.15, 0.2) is 0 Å². The van der Waals surface area contributed by atoms with Crippen LogP contribution in [-0.4, -0.2) is 21.6 Å². The molecule has 0 radical (unpaired) electrons. The van der Waals surface area contributed by atoms with E-state index in [-0.39, 0.29) is 5.56 Å². The molecule has 0 spiro atoms. The lowest BCUT2D eigenvalue weighted by Crippen LogP contribution is -2.23. The number of ether oxygens (including phenoxy) is 1. The van der Waals surface area contributed by atoms with Gasteiger partial charge in [-0.15, -0.1) is 0 Å². The number of hydrogen-bond donors (Lipinski definition) is 0. The Kier molecular flexibility index (Phi) is 3.56. The predicted molar refractivity (Wildman–Crippen MR) is 93.4 cm³/mol. The summed E-state index contributed by atoms with van der Waals surface area (Å²) in [5, 5.41) is 1.72. The molecule has 0 saturated heterocycles. The van der Waals surface area contributed by atoms with Gasteiger partial charge in [0, 0.05) is 29.7 Å². The van der Waals surface area contributed by atoms with Crippen LogP contribution >= 0.6 is 0 Å². The first kappa shape index (κ1) is 14.9. The molecule has 2 heterocycles. The smallest absolute Gasteiger partial charge is 0.316 e. The van der Waals surface area contributed by atoms with Gasteiger partial charge in [-0.1, -0.05) is 25.1 Å². The number of nitrogens with zero attached hydrogens (tertiary/aromatic N) is 3. The van der Waals surface area contributed by atoms with Crippen LogP contribution in [0.3, 0.4) is 0 Å². The molecule has 0 bridgehead atoms. The van der Waals surface area contributed by atoms with E-state index in [0.29, 0.717) is 12.1 Å². The van der Waals surface area contributed by atoms with E-state index in [1.807, 2.05) is 22.8 Å². The van der Waals surface area contributed by atoms with E-state index >= 15 is 0 Å². The molecule has 24 heavy (non-hydrogen) atoms. The Morgan fingerprint density at radius 1 is 1.25 bits per heavy atom. The van der Waals surface area contributed by atoms with Crippen molar-refractivity contribution in [3.05, 3.63) is 52.7 Å². The van der Waals surface area contributed by atoms with Gasteiger partial charge >= 0.3 is 6.01 Å². The summed E-state index contributed by atoms with van der Waals surface area (Å²) >= 11 is 0. The lowest BCUT2D eigenvalue weighted by molar-refractivity contribution is 0.380. The van der Waals surface area contributed by atoms with Gasteiger partial charge < -0.3 is 9.30 Å². The summed E-state index contributed by atoms with van der Waals surface area (Å²) in [5.41, 5.74) is 2.90. The highest BCUT2D eigenvalue weighted by molar-refractivity contribution is 5.96. The van der Waals surface area contributed by atoms with Gasteiger partial charge in [0.25, 0.3) is 5.56 Å². The predicted octanol–water partition coefficient (Wildman–Crippen LogP) is 3.36. The molecular formula is C19H19N3O2. The highest BCUT2D eigenvalue weighted by atomic mass is 16.5. The van der Waals surface area contributed by atoms with Crippen molar-refractivity contribution >= 4 is 10.8 Å². The number of rotatable bonds is 4. The zero-order valence-electron chi connectivity index (χ0n) is 13.8. The van der Waals surface area contributed by atoms with E-state index in [1.165, 1.54) is 7.11 Å². The highest BCUT2D eigenvalue weighted by Gasteiger charge is 2.27. The Balaban J connectivity index is 1.99. The van der Waals surface area contributed by atoms with Gasteiger partial charge in [0.1, 0.15) is 0 Å². The Bertz CT molecular complexity index is 957. The first-order chi connectivity index (χ1) is 11.7. The molecule has 1 aliphatic carbocycles. The topological polar surface area (TPSA) is 57.0 Å². The Hall–Kier alpha value is -2.69. The van der Waals surface area contributed by atoms with Gasteiger partial charge in [-0.2, -0.15) is 0 Å². The maximum absolute atomic E-state index is 13.2. The molecule has 1 aliphatic rings. The number of pyridine rings is 1. The molecule has 0 unspecified atom stereocenters. The average Bonchev–Trinajstić information content (AvgIpc) is 3.46. The van der Waals surface area contributed by atoms with Gasteiger partial charge in [-0.05, 0) is 36.3 Å². The SMILES string of the molecule is CCc1cc2cccc(-c3cnc(OC)nc3)c2c(=O)n1C1CC1. The molecule has 0 atom stereocenters. The third kappa shape index (κ3) is 2.37. The molecule has 1 fully saturated rings. The van der Waals surface area contributed by atoms with Crippen LogP contribution in [0.1, 0.15) is 31.5 Å². The van der Waals surface area contributed by atoms with Crippen LogP contribution in [-0.2, 0) is 6.42 Å². The van der Waals surface area contributed by atoms with Crippen LogP contribution in [0.2, 0.25) is 0 Å². The van der Waals surface area contributed by atoms with Crippen molar-refractivity contribution in [3.8, 4) is 17.1 Å². The summed E-state index contributed by atoms with van der Waals surface area (Å²) in [4.78, 5) is 21.5. The Morgan fingerprint density at radius 2 is 2.00 bits per heavy atom. The number of benzene rings is 1. The summed E-state index contributed by atoms with van der Waals surface area (Å²) < 4.78 is 7.00. The molecule has 122 valence electrons. The Labute approximate surface area is 139 Å². The van der Waals surface area contributed by atoms with Crippen molar-refractivity contribution in [2.45, 2.75) is 32.2 Å². The van der Waals surface area contributed by atoms with E-state index in [2.05, 4.69) is 23.0 Å². The number of aryl methyl sites for hydroxylation is 1. The van der Waals surface area contributed by atoms with Crippen LogP contribution in [0.4, 0.5) is 0 Å². The third-order valence-corrected chi connectivity index (χ3v) is 4.56. The fourth-order valence-corrected chi connectivity index (χ4v) is 3.24. The fourth-order valence-electron chi connectivity index (χ4n) is 3.24. The summed E-state index contributed by atoms with van der Waals surface area (Å²) in [6.07, 6.45) is 6.44. The van der Waals surface area contributed by atoms with Crippen molar-refractivity contribution in [2.24, 2.45) is 0 Å². The zero-order valence-corrected chi connectivity index (χ0v) is 13.8. The second-order valence-corrected chi connectivity index (χ2v) is 6.12. The number of hydrogen-bond acceptors (Lipinski definition) is 4. The van der Waals surface area contributed by atoms with E-state index in [0.717, 1.165) is 46.9 Å². The standard InChI is InChI=1S/C19H19N3O2/c1-3-14-9-12-5-4-6-16(13-10-20-19(24-2)21-11-13)17(12)18(23)22(14)15-7-8-15/h4-6,9-11,15H,3,7-8H2,1-2H3. The van der Waals surface area contributed by atoms with Crippen molar-refractivity contribution < 1.29 is 4.74 Å². The van der Waals surface area contributed by atoms with Gasteiger partial charge in [0.2, 0.25) is 0 Å². The van der Waals surface area contributed by atoms with Gasteiger partial charge in [0.05, 0.1) is 12.5 Å². The maximum atomic E-state index is 13.2. The lowest BCUT2D eigenvalue weighted by atomic mass is 10.0. The summed E-state index contributed by atoms with van der Waals surface area (Å²) in [6, 6.07) is 8.75. The highest BCUT2D eigenvalue weighted by Crippen LogP contribution is 2.36. The largest absolute Gasteiger partial charge is 0.467 e. The molecule has 2 aromatic heterocycles. The van der Waals surface area contributed by atoms with Crippen LogP contribution in [0.5, 0.6) is 6.01 Å². The molecule has 0 amide bonds. The first-order valence-electron chi connectivity index (χ1n) is 8.26. The molecule has 1 saturated carbocycles. The van der Waals surface area contributed by atoms with E-state index in [4.69, 9.17) is 4.74 Å². The lowest BCUT2D eigenvalue weighted by Gasteiger charge is -2.14. The molecular weight excluding hydrogens is 302 g/mol. The molecule has 0 N–H and O–H groups in total. The molecule has 5 nitrogen and oxygen atoms in total.